The highest BCUT2D eigenvalue weighted by atomic mass is 16.1. The third-order valence-electron chi connectivity index (χ3n) is 2.57. The van der Waals surface area contributed by atoms with Crippen LogP contribution in [0.25, 0.3) is 0 Å². The molecule has 2 N–H and O–H groups in total. The molecule has 0 radical (unpaired) electrons. The van der Waals surface area contributed by atoms with Crippen molar-refractivity contribution in [2.75, 3.05) is 13.1 Å². The topological polar surface area (TPSA) is 68.7 Å². The molecule has 4 nitrogen and oxygen atoms in total. The smallest absolute Gasteiger partial charge is 0.248 e. The zero-order valence-corrected chi connectivity index (χ0v) is 7.66. The van der Waals surface area contributed by atoms with Crippen LogP contribution in [0.3, 0.4) is 0 Å². The molecule has 1 aromatic rings. The van der Waals surface area contributed by atoms with Gasteiger partial charge in [0, 0.05) is 30.8 Å². The van der Waals surface area contributed by atoms with Crippen LogP contribution in [0, 0.1) is 17.2 Å². The summed E-state index contributed by atoms with van der Waals surface area (Å²) in [6, 6.07) is 7.31. The number of nitrogens with one attached hydrogen (secondary N) is 2. The highest BCUT2D eigenvalue weighted by molar-refractivity contribution is 5.17. The van der Waals surface area contributed by atoms with Gasteiger partial charge in [0.05, 0.1) is 12.0 Å². The maximum atomic E-state index is 11.1. The van der Waals surface area contributed by atoms with E-state index in [0.29, 0.717) is 6.54 Å². The Morgan fingerprint density at radius 3 is 3.00 bits per heavy atom. The predicted molar refractivity (Wildman–Crippen MR) is 51.8 cm³/mol. The van der Waals surface area contributed by atoms with E-state index in [2.05, 4.69) is 16.4 Å². The third-order valence-corrected chi connectivity index (χ3v) is 2.57. The van der Waals surface area contributed by atoms with Crippen LogP contribution in [0.1, 0.15) is 11.6 Å². The lowest BCUT2D eigenvalue weighted by atomic mass is 9.94. The first kappa shape index (κ1) is 8.97. The quantitative estimate of drug-likeness (QED) is 0.663. The molecule has 1 aliphatic heterocycles. The van der Waals surface area contributed by atoms with Gasteiger partial charge in [0.1, 0.15) is 0 Å². The second-order valence-corrected chi connectivity index (χ2v) is 3.47. The van der Waals surface area contributed by atoms with E-state index < -0.39 is 0 Å². The van der Waals surface area contributed by atoms with Gasteiger partial charge in [-0.05, 0) is 6.07 Å². The molecule has 2 atom stereocenters. The third kappa shape index (κ3) is 1.54. The van der Waals surface area contributed by atoms with Crippen molar-refractivity contribution in [1.82, 2.24) is 10.3 Å². The number of hydrogen-bond donors (Lipinski definition) is 2. The number of rotatable bonds is 1. The standard InChI is InChI=1S/C10H11N3O/c11-4-7-5-12-6-8(7)9-2-1-3-10(14)13-9/h1-3,7-8,12H,5-6H2,(H,13,14). The summed E-state index contributed by atoms with van der Waals surface area (Å²) in [7, 11) is 0. The van der Waals surface area contributed by atoms with Gasteiger partial charge in [-0.15, -0.1) is 0 Å². The van der Waals surface area contributed by atoms with Crippen LogP contribution in [0.2, 0.25) is 0 Å². The average Bonchev–Trinajstić information content (AvgIpc) is 2.65. The summed E-state index contributed by atoms with van der Waals surface area (Å²) in [5.74, 6) is 0.0851. The van der Waals surface area contributed by atoms with E-state index in [-0.39, 0.29) is 17.4 Å². The summed E-state index contributed by atoms with van der Waals surface area (Å²) in [5.41, 5.74) is 0.750. The van der Waals surface area contributed by atoms with Gasteiger partial charge in [-0.3, -0.25) is 4.79 Å². The van der Waals surface area contributed by atoms with Gasteiger partial charge >= 0.3 is 0 Å². The van der Waals surface area contributed by atoms with Gasteiger partial charge in [0.25, 0.3) is 0 Å². The largest absolute Gasteiger partial charge is 0.326 e. The monoisotopic (exact) mass is 189 g/mol. The number of nitriles is 1. The van der Waals surface area contributed by atoms with Crippen molar-refractivity contribution in [3.8, 4) is 6.07 Å². The van der Waals surface area contributed by atoms with E-state index in [4.69, 9.17) is 5.26 Å². The normalized spacial score (nSPS) is 25.9. The van der Waals surface area contributed by atoms with Crippen molar-refractivity contribution in [1.29, 1.82) is 5.26 Å². The lowest BCUT2D eigenvalue weighted by Gasteiger charge is -2.11. The summed E-state index contributed by atoms with van der Waals surface area (Å²) in [4.78, 5) is 13.8. The Kier molecular flexibility index (Phi) is 2.33. The van der Waals surface area contributed by atoms with E-state index in [1.54, 1.807) is 6.07 Å². The van der Waals surface area contributed by atoms with Gasteiger partial charge < -0.3 is 10.3 Å². The Bertz CT molecular complexity index is 418. The number of pyridine rings is 1. The molecule has 72 valence electrons. The van der Waals surface area contributed by atoms with Crippen LogP contribution in [-0.2, 0) is 0 Å². The molecule has 4 heteroatoms. The fourth-order valence-corrected chi connectivity index (χ4v) is 1.82. The molecular weight excluding hydrogens is 178 g/mol. The van der Waals surface area contributed by atoms with E-state index in [1.165, 1.54) is 6.07 Å². The first-order valence-electron chi connectivity index (χ1n) is 4.61. The lowest BCUT2D eigenvalue weighted by molar-refractivity contribution is 0.627. The first-order valence-corrected chi connectivity index (χ1v) is 4.61. The molecule has 0 aliphatic carbocycles. The first-order chi connectivity index (χ1) is 6.81. The maximum absolute atomic E-state index is 11.1. The van der Waals surface area contributed by atoms with Gasteiger partial charge in [0.15, 0.2) is 0 Å². The Morgan fingerprint density at radius 1 is 1.43 bits per heavy atom. The van der Waals surface area contributed by atoms with Gasteiger partial charge in [0.2, 0.25) is 5.56 Å². The highest BCUT2D eigenvalue weighted by Crippen LogP contribution is 2.24. The number of aromatic amines is 1. The summed E-state index contributed by atoms with van der Waals surface area (Å²) in [5, 5.41) is 12.0. The molecule has 2 rings (SSSR count). The van der Waals surface area contributed by atoms with Crippen LogP contribution >= 0.6 is 0 Å². The molecule has 1 aromatic heterocycles. The van der Waals surface area contributed by atoms with Crippen molar-refractivity contribution in [2.45, 2.75) is 5.92 Å². The molecule has 1 fully saturated rings. The van der Waals surface area contributed by atoms with Crippen LogP contribution < -0.4 is 10.9 Å². The molecule has 14 heavy (non-hydrogen) atoms. The van der Waals surface area contributed by atoms with Crippen molar-refractivity contribution >= 4 is 0 Å². The Balaban J connectivity index is 2.31. The second kappa shape index (κ2) is 3.64. The molecule has 0 aromatic carbocycles. The van der Waals surface area contributed by atoms with Gasteiger partial charge in [-0.25, -0.2) is 0 Å². The van der Waals surface area contributed by atoms with Gasteiger partial charge in [-0.1, -0.05) is 6.07 Å². The summed E-state index contributed by atoms with van der Waals surface area (Å²) in [6.07, 6.45) is 0. The summed E-state index contributed by atoms with van der Waals surface area (Å²) >= 11 is 0. The zero-order valence-electron chi connectivity index (χ0n) is 7.66. The van der Waals surface area contributed by atoms with E-state index in [0.717, 1.165) is 12.2 Å². The molecule has 2 unspecified atom stereocenters. The Morgan fingerprint density at radius 2 is 2.29 bits per heavy atom. The fraction of sp³-hybridized carbons (Fsp3) is 0.400. The van der Waals surface area contributed by atoms with Crippen LogP contribution in [0.4, 0.5) is 0 Å². The van der Waals surface area contributed by atoms with Gasteiger partial charge in [-0.2, -0.15) is 5.26 Å². The lowest BCUT2D eigenvalue weighted by Crippen LogP contribution is -2.15. The molecule has 0 amide bonds. The minimum absolute atomic E-state index is 0.0342. The van der Waals surface area contributed by atoms with Crippen LogP contribution in [0.5, 0.6) is 0 Å². The Hall–Kier alpha value is -1.60. The molecule has 2 heterocycles. The minimum Gasteiger partial charge on any atom is -0.326 e. The summed E-state index contributed by atoms with van der Waals surface area (Å²) in [6.45, 7) is 1.47. The molecular formula is C10H11N3O. The van der Waals surface area contributed by atoms with Crippen LogP contribution in [-0.4, -0.2) is 18.1 Å². The van der Waals surface area contributed by atoms with Crippen molar-refractivity contribution in [2.24, 2.45) is 5.92 Å². The highest BCUT2D eigenvalue weighted by Gasteiger charge is 2.28. The molecule has 0 spiro atoms. The van der Waals surface area contributed by atoms with E-state index in [9.17, 15) is 4.79 Å². The van der Waals surface area contributed by atoms with E-state index in [1.807, 2.05) is 6.07 Å². The van der Waals surface area contributed by atoms with Crippen LogP contribution in [0.15, 0.2) is 23.0 Å². The number of nitrogens with zero attached hydrogens (tertiary/aromatic N) is 1. The molecule has 0 bridgehead atoms. The van der Waals surface area contributed by atoms with Crippen molar-refractivity contribution in [3.05, 3.63) is 34.2 Å². The minimum atomic E-state index is -0.105. The SMILES string of the molecule is N#CC1CNCC1c1cccc(=O)[nH]1. The van der Waals surface area contributed by atoms with Crippen molar-refractivity contribution < 1.29 is 0 Å². The number of hydrogen-bond acceptors (Lipinski definition) is 3. The van der Waals surface area contributed by atoms with E-state index >= 15 is 0 Å². The Labute approximate surface area is 81.6 Å². The van der Waals surface area contributed by atoms with Crippen molar-refractivity contribution in [3.63, 3.8) is 0 Å². The number of H-pyrrole nitrogens is 1. The number of aromatic nitrogens is 1. The second-order valence-electron chi connectivity index (χ2n) is 3.47. The molecule has 0 saturated carbocycles. The fourth-order valence-electron chi connectivity index (χ4n) is 1.82. The molecule has 1 aliphatic rings. The molecule has 1 saturated heterocycles. The zero-order chi connectivity index (χ0) is 9.97. The average molecular weight is 189 g/mol. The summed E-state index contributed by atoms with van der Waals surface area (Å²) < 4.78 is 0. The predicted octanol–water partition coefficient (Wildman–Crippen LogP) is 0.201. The maximum Gasteiger partial charge on any atom is 0.248 e.